The van der Waals surface area contributed by atoms with Crippen LogP contribution in [0, 0.1) is 0 Å². The maximum atomic E-state index is 12.2. The van der Waals surface area contributed by atoms with E-state index in [-0.39, 0.29) is 23.0 Å². The third-order valence-electron chi connectivity index (χ3n) is 3.91. The normalized spacial score (nSPS) is 11.1. The summed E-state index contributed by atoms with van der Waals surface area (Å²) in [7, 11) is 5.38. The predicted molar refractivity (Wildman–Crippen MR) is 109 cm³/mol. The average molecular weight is 414 g/mol. The molecule has 0 bridgehead atoms. The van der Waals surface area contributed by atoms with Crippen LogP contribution in [0.2, 0.25) is 0 Å². The van der Waals surface area contributed by atoms with Crippen molar-refractivity contribution in [1.29, 1.82) is 0 Å². The highest BCUT2D eigenvalue weighted by Gasteiger charge is 2.16. The van der Waals surface area contributed by atoms with Crippen LogP contribution < -0.4 is 14.2 Å². The number of carbonyl (C=O) groups excluding carboxylic acids is 2. The standard InChI is InChI=1S/C22H22O8/c1-26-18-12-15(5-8-16(18)23)13-20(22(25)29-4)30-17-9-6-14(11-19(17)27-2)7-10-21(24)28-3/h5-13,23H,1-4H3/b10-7+,20-13-. The average Bonchev–Trinajstić information content (AvgIpc) is 2.77. The van der Waals surface area contributed by atoms with Crippen LogP contribution in [0.5, 0.6) is 23.0 Å². The Balaban J connectivity index is 2.38. The fraction of sp³-hybridized carbons (Fsp3) is 0.182. The molecule has 2 rings (SSSR count). The molecule has 0 aliphatic carbocycles. The Morgan fingerprint density at radius 2 is 1.50 bits per heavy atom. The number of phenols is 1. The molecule has 2 aromatic rings. The fourth-order valence-corrected chi connectivity index (χ4v) is 2.39. The van der Waals surface area contributed by atoms with Gasteiger partial charge in [-0.3, -0.25) is 0 Å². The van der Waals surface area contributed by atoms with Gasteiger partial charge in [0.25, 0.3) is 0 Å². The zero-order valence-corrected chi connectivity index (χ0v) is 17.0. The second-order valence-corrected chi connectivity index (χ2v) is 5.80. The van der Waals surface area contributed by atoms with E-state index in [1.54, 1.807) is 36.4 Å². The van der Waals surface area contributed by atoms with Gasteiger partial charge in [-0.1, -0.05) is 12.1 Å². The van der Waals surface area contributed by atoms with Crippen molar-refractivity contribution in [2.45, 2.75) is 0 Å². The molecule has 0 unspecified atom stereocenters. The Hall–Kier alpha value is -3.94. The molecule has 0 radical (unpaired) electrons. The van der Waals surface area contributed by atoms with Crippen LogP contribution in [0.1, 0.15) is 11.1 Å². The van der Waals surface area contributed by atoms with E-state index < -0.39 is 11.9 Å². The van der Waals surface area contributed by atoms with E-state index in [0.717, 1.165) is 0 Å². The van der Waals surface area contributed by atoms with Gasteiger partial charge in [0.1, 0.15) is 0 Å². The molecule has 1 N–H and O–H groups in total. The summed E-state index contributed by atoms with van der Waals surface area (Å²) < 4.78 is 25.5. The maximum absolute atomic E-state index is 12.2. The van der Waals surface area contributed by atoms with Crippen molar-refractivity contribution in [1.82, 2.24) is 0 Å². The van der Waals surface area contributed by atoms with Crippen molar-refractivity contribution in [3.63, 3.8) is 0 Å². The molecule has 0 aliphatic rings. The summed E-state index contributed by atoms with van der Waals surface area (Å²) in [5.74, 6) is -0.510. The molecule has 2 aromatic carbocycles. The Morgan fingerprint density at radius 3 is 2.13 bits per heavy atom. The van der Waals surface area contributed by atoms with Crippen LogP contribution in [-0.2, 0) is 19.1 Å². The molecule has 0 spiro atoms. The van der Waals surface area contributed by atoms with Gasteiger partial charge in [0.05, 0.1) is 28.4 Å². The van der Waals surface area contributed by atoms with Crippen LogP contribution in [0.3, 0.4) is 0 Å². The van der Waals surface area contributed by atoms with E-state index in [4.69, 9.17) is 18.9 Å². The largest absolute Gasteiger partial charge is 0.504 e. The molecule has 8 heteroatoms. The summed E-state index contributed by atoms with van der Waals surface area (Å²) in [4.78, 5) is 23.5. The van der Waals surface area contributed by atoms with E-state index in [9.17, 15) is 14.7 Å². The van der Waals surface area contributed by atoms with Gasteiger partial charge in [-0.05, 0) is 47.5 Å². The highest BCUT2D eigenvalue weighted by Crippen LogP contribution is 2.32. The molecule has 0 aliphatic heterocycles. The molecule has 8 nitrogen and oxygen atoms in total. The molecule has 0 saturated carbocycles. The smallest absolute Gasteiger partial charge is 0.373 e. The van der Waals surface area contributed by atoms with E-state index >= 15 is 0 Å². The van der Waals surface area contributed by atoms with Crippen molar-refractivity contribution >= 4 is 24.1 Å². The van der Waals surface area contributed by atoms with Gasteiger partial charge in [-0.15, -0.1) is 0 Å². The van der Waals surface area contributed by atoms with E-state index in [1.807, 2.05) is 0 Å². The van der Waals surface area contributed by atoms with Crippen LogP contribution >= 0.6 is 0 Å². The number of carbonyl (C=O) groups is 2. The van der Waals surface area contributed by atoms with Gasteiger partial charge >= 0.3 is 11.9 Å². The summed E-state index contributed by atoms with van der Waals surface area (Å²) in [5.41, 5.74) is 1.21. The van der Waals surface area contributed by atoms with Gasteiger partial charge in [-0.25, -0.2) is 9.59 Å². The first-order valence-corrected chi connectivity index (χ1v) is 8.70. The molecule has 0 amide bonds. The minimum Gasteiger partial charge on any atom is -0.504 e. The predicted octanol–water partition coefficient (Wildman–Crippen LogP) is 3.19. The van der Waals surface area contributed by atoms with Gasteiger partial charge < -0.3 is 28.8 Å². The van der Waals surface area contributed by atoms with Crippen LogP contribution in [0.25, 0.3) is 12.2 Å². The number of benzene rings is 2. The lowest BCUT2D eigenvalue weighted by atomic mass is 10.1. The molecule has 0 fully saturated rings. The Bertz CT molecular complexity index is 975. The van der Waals surface area contributed by atoms with Gasteiger partial charge in [0.15, 0.2) is 23.0 Å². The number of rotatable bonds is 8. The van der Waals surface area contributed by atoms with Crippen molar-refractivity contribution in [2.24, 2.45) is 0 Å². The van der Waals surface area contributed by atoms with E-state index in [0.29, 0.717) is 16.9 Å². The van der Waals surface area contributed by atoms with Gasteiger partial charge in [-0.2, -0.15) is 0 Å². The topological polar surface area (TPSA) is 101 Å². The molecule has 158 valence electrons. The second kappa shape index (κ2) is 10.6. The van der Waals surface area contributed by atoms with Crippen molar-refractivity contribution in [2.75, 3.05) is 28.4 Å². The molecule has 30 heavy (non-hydrogen) atoms. The Morgan fingerprint density at radius 1 is 0.833 bits per heavy atom. The lowest BCUT2D eigenvalue weighted by Crippen LogP contribution is -2.11. The quantitative estimate of drug-likeness (QED) is 0.399. The van der Waals surface area contributed by atoms with E-state index in [1.165, 1.54) is 46.7 Å². The van der Waals surface area contributed by atoms with Gasteiger partial charge in [0, 0.05) is 6.08 Å². The molecule has 0 atom stereocenters. The summed E-state index contributed by atoms with van der Waals surface area (Å²) in [6.07, 6.45) is 4.27. The van der Waals surface area contributed by atoms with Crippen LogP contribution in [-0.4, -0.2) is 45.5 Å². The third-order valence-corrected chi connectivity index (χ3v) is 3.91. The second-order valence-electron chi connectivity index (χ2n) is 5.80. The number of hydrogen-bond donors (Lipinski definition) is 1. The Kier molecular flexibility index (Phi) is 7.87. The number of aromatic hydroxyl groups is 1. The highest BCUT2D eigenvalue weighted by atomic mass is 16.6. The zero-order chi connectivity index (χ0) is 22.1. The molecular formula is C22H22O8. The monoisotopic (exact) mass is 414 g/mol. The van der Waals surface area contributed by atoms with Crippen LogP contribution in [0.15, 0.2) is 48.2 Å². The molecule has 0 heterocycles. The van der Waals surface area contributed by atoms with Crippen molar-refractivity contribution in [3.8, 4) is 23.0 Å². The first-order chi connectivity index (χ1) is 14.4. The lowest BCUT2D eigenvalue weighted by Gasteiger charge is -2.13. The molecule has 0 saturated heterocycles. The van der Waals surface area contributed by atoms with Crippen molar-refractivity contribution < 1.29 is 38.4 Å². The summed E-state index contributed by atoms with van der Waals surface area (Å²) in [5, 5.41) is 9.73. The first-order valence-electron chi connectivity index (χ1n) is 8.70. The minimum atomic E-state index is -0.709. The number of esters is 2. The molecular weight excluding hydrogens is 392 g/mol. The summed E-state index contributed by atoms with van der Waals surface area (Å²) in [6, 6.07) is 9.46. The maximum Gasteiger partial charge on any atom is 0.373 e. The highest BCUT2D eigenvalue weighted by molar-refractivity contribution is 5.92. The SMILES string of the molecule is COC(=O)/C=C/c1ccc(O/C(=C\c2ccc(O)c(OC)c2)C(=O)OC)c(OC)c1. The first kappa shape index (κ1) is 22.4. The Labute approximate surface area is 173 Å². The lowest BCUT2D eigenvalue weighted by molar-refractivity contribution is -0.138. The summed E-state index contributed by atoms with van der Waals surface area (Å²) in [6.45, 7) is 0. The number of hydrogen-bond acceptors (Lipinski definition) is 8. The van der Waals surface area contributed by atoms with Crippen LogP contribution in [0.4, 0.5) is 0 Å². The van der Waals surface area contributed by atoms with E-state index in [2.05, 4.69) is 4.74 Å². The number of ether oxygens (including phenoxy) is 5. The minimum absolute atomic E-state index is 0.0348. The zero-order valence-electron chi connectivity index (χ0n) is 17.0. The van der Waals surface area contributed by atoms with Crippen molar-refractivity contribution in [3.05, 3.63) is 59.4 Å². The number of phenolic OH excluding ortho intramolecular Hbond substituents is 1. The molecule has 0 aromatic heterocycles. The number of methoxy groups -OCH3 is 4. The van der Waals surface area contributed by atoms with Gasteiger partial charge in [0.2, 0.25) is 5.76 Å². The fourth-order valence-electron chi connectivity index (χ4n) is 2.39. The summed E-state index contributed by atoms with van der Waals surface area (Å²) >= 11 is 0. The third kappa shape index (κ3) is 5.78.